The van der Waals surface area contributed by atoms with E-state index in [1.165, 1.54) is 5.56 Å². The summed E-state index contributed by atoms with van der Waals surface area (Å²) in [5.74, 6) is 0.769. The maximum atomic E-state index is 11.0. The van der Waals surface area contributed by atoms with Gasteiger partial charge in [-0.3, -0.25) is 9.69 Å². The molecule has 1 atom stereocenters. The molecule has 0 radical (unpaired) electrons. The Labute approximate surface area is 124 Å². The Morgan fingerprint density at radius 2 is 2.05 bits per heavy atom. The van der Waals surface area contributed by atoms with E-state index in [9.17, 15) is 4.79 Å². The van der Waals surface area contributed by atoms with Gasteiger partial charge in [-0.2, -0.15) is 0 Å². The molecule has 5 heteroatoms. The molecule has 1 aromatic rings. The number of carbonyl (C=O) groups is 1. The zero-order valence-corrected chi connectivity index (χ0v) is 12.2. The van der Waals surface area contributed by atoms with Crippen molar-refractivity contribution >= 4 is 5.97 Å². The summed E-state index contributed by atoms with van der Waals surface area (Å²) in [5.41, 5.74) is 1.22. The summed E-state index contributed by atoms with van der Waals surface area (Å²) >= 11 is 0. The van der Waals surface area contributed by atoms with Crippen LogP contribution >= 0.6 is 0 Å². The zero-order valence-electron chi connectivity index (χ0n) is 12.2. The molecule has 0 amide bonds. The number of fused-ring (bicyclic) bond motifs is 1. The molecule has 0 saturated carbocycles. The largest absolute Gasteiger partial charge is 0.481 e. The fourth-order valence-electron chi connectivity index (χ4n) is 3.28. The summed E-state index contributed by atoms with van der Waals surface area (Å²) in [5, 5.41) is 9.09. The van der Waals surface area contributed by atoms with Gasteiger partial charge in [0.25, 0.3) is 0 Å². The van der Waals surface area contributed by atoms with E-state index in [4.69, 9.17) is 14.6 Å². The van der Waals surface area contributed by atoms with Crippen molar-refractivity contribution in [1.29, 1.82) is 0 Å². The van der Waals surface area contributed by atoms with Gasteiger partial charge in [-0.05, 0) is 50.0 Å². The van der Waals surface area contributed by atoms with Crippen LogP contribution < -0.4 is 9.47 Å². The Morgan fingerprint density at radius 3 is 2.71 bits per heavy atom. The normalized spacial score (nSPS) is 20.4. The first kappa shape index (κ1) is 14.2. The molecule has 5 nitrogen and oxygen atoms in total. The second kappa shape index (κ2) is 5.93. The van der Waals surface area contributed by atoms with Gasteiger partial charge in [0.15, 0.2) is 11.5 Å². The predicted octanol–water partition coefficient (Wildman–Crippen LogP) is 2.66. The smallest absolute Gasteiger partial charge is 0.306 e. The molecule has 1 aromatic carbocycles. The summed E-state index contributed by atoms with van der Waals surface area (Å²) in [4.78, 5) is 13.4. The molecular formula is C16H21NO4. The second-order valence-electron chi connectivity index (χ2n) is 5.69. The van der Waals surface area contributed by atoms with Crippen LogP contribution in [0, 0.1) is 5.92 Å². The molecule has 1 unspecified atom stereocenters. The molecule has 1 N–H and O–H groups in total. The summed E-state index contributed by atoms with van der Waals surface area (Å²) in [6, 6.07) is 6.42. The van der Waals surface area contributed by atoms with Gasteiger partial charge in [0, 0.05) is 6.04 Å². The Bertz CT molecular complexity index is 523. The molecule has 0 bridgehead atoms. The quantitative estimate of drug-likeness (QED) is 0.924. The second-order valence-corrected chi connectivity index (χ2v) is 5.69. The minimum Gasteiger partial charge on any atom is -0.481 e. The van der Waals surface area contributed by atoms with Crippen LogP contribution in [0.1, 0.15) is 37.8 Å². The molecule has 2 aliphatic rings. The van der Waals surface area contributed by atoms with Crippen LogP contribution in [0.2, 0.25) is 0 Å². The minimum atomic E-state index is -0.661. The average Bonchev–Trinajstić information content (AvgIpc) is 2.96. The third kappa shape index (κ3) is 2.83. The topological polar surface area (TPSA) is 59.0 Å². The highest BCUT2D eigenvalue weighted by Crippen LogP contribution is 2.37. The molecule has 114 valence electrons. The zero-order chi connectivity index (χ0) is 14.8. The fraction of sp³-hybridized carbons (Fsp3) is 0.562. The van der Waals surface area contributed by atoms with E-state index in [1.807, 2.05) is 6.07 Å². The van der Waals surface area contributed by atoms with Crippen LogP contribution in [0.15, 0.2) is 18.2 Å². The van der Waals surface area contributed by atoms with E-state index in [0.717, 1.165) is 43.9 Å². The maximum Gasteiger partial charge on any atom is 0.306 e. The van der Waals surface area contributed by atoms with Gasteiger partial charge < -0.3 is 14.6 Å². The summed E-state index contributed by atoms with van der Waals surface area (Å²) in [7, 11) is 0. The maximum absolute atomic E-state index is 11.0. The van der Waals surface area contributed by atoms with Gasteiger partial charge in [-0.25, -0.2) is 0 Å². The van der Waals surface area contributed by atoms with Crippen molar-refractivity contribution in [2.75, 3.05) is 19.9 Å². The van der Waals surface area contributed by atoms with E-state index in [-0.39, 0.29) is 5.92 Å². The first-order valence-corrected chi connectivity index (χ1v) is 7.55. The van der Waals surface area contributed by atoms with Crippen molar-refractivity contribution < 1.29 is 19.4 Å². The van der Waals surface area contributed by atoms with Crippen molar-refractivity contribution in [3.8, 4) is 11.5 Å². The van der Waals surface area contributed by atoms with Gasteiger partial charge in [0.05, 0.1) is 5.92 Å². The van der Waals surface area contributed by atoms with Gasteiger partial charge in [0.1, 0.15) is 0 Å². The van der Waals surface area contributed by atoms with Crippen LogP contribution in [0.5, 0.6) is 11.5 Å². The Balaban J connectivity index is 1.72. The van der Waals surface area contributed by atoms with Crippen molar-refractivity contribution in [1.82, 2.24) is 4.90 Å². The number of likely N-dealkylation sites (tertiary alicyclic amines) is 1. The third-order valence-corrected chi connectivity index (χ3v) is 4.49. The van der Waals surface area contributed by atoms with Crippen LogP contribution in [0.4, 0.5) is 0 Å². The fourth-order valence-corrected chi connectivity index (χ4v) is 3.28. The minimum absolute atomic E-state index is 0.185. The van der Waals surface area contributed by atoms with Gasteiger partial charge in [-0.15, -0.1) is 0 Å². The highest BCUT2D eigenvalue weighted by atomic mass is 16.7. The predicted molar refractivity (Wildman–Crippen MR) is 77.5 cm³/mol. The monoisotopic (exact) mass is 291 g/mol. The van der Waals surface area contributed by atoms with Crippen LogP contribution in [0.25, 0.3) is 0 Å². The number of hydrogen-bond donors (Lipinski definition) is 1. The highest BCUT2D eigenvalue weighted by molar-refractivity contribution is 5.70. The molecular weight excluding hydrogens is 270 g/mol. The standard InChI is InChI=1S/C16H21NO4/c1-2-13(17-7-5-11(6-8-17)16(18)19)12-3-4-14-15(9-12)21-10-20-14/h3-4,9,11,13H,2,5-8,10H2,1H3,(H,18,19). The molecule has 0 spiro atoms. The van der Waals surface area contributed by atoms with E-state index in [2.05, 4.69) is 24.0 Å². The molecule has 1 saturated heterocycles. The van der Waals surface area contributed by atoms with Gasteiger partial charge >= 0.3 is 5.97 Å². The Hall–Kier alpha value is -1.75. The van der Waals surface area contributed by atoms with E-state index in [0.29, 0.717) is 12.8 Å². The number of carboxylic acids is 1. The molecule has 2 heterocycles. The lowest BCUT2D eigenvalue weighted by molar-refractivity contribution is -0.143. The Kier molecular flexibility index (Phi) is 4.01. The van der Waals surface area contributed by atoms with Gasteiger partial charge in [-0.1, -0.05) is 13.0 Å². The lowest BCUT2D eigenvalue weighted by atomic mass is 9.93. The van der Waals surface area contributed by atoms with E-state index >= 15 is 0 Å². The van der Waals surface area contributed by atoms with Crippen LogP contribution in [0.3, 0.4) is 0 Å². The number of aliphatic carboxylic acids is 1. The van der Waals surface area contributed by atoms with Crippen molar-refractivity contribution in [2.45, 2.75) is 32.2 Å². The lowest BCUT2D eigenvalue weighted by Gasteiger charge is -2.36. The molecule has 0 aliphatic carbocycles. The number of rotatable bonds is 4. The first-order valence-electron chi connectivity index (χ1n) is 7.55. The molecule has 2 aliphatic heterocycles. The number of ether oxygens (including phenoxy) is 2. The van der Waals surface area contributed by atoms with Crippen LogP contribution in [-0.2, 0) is 4.79 Å². The third-order valence-electron chi connectivity index (χ3n) is 4.49. The number of piperidine rings is 1. The summed E-state index contributed by atoms with van der Waals surface area (Å²) in [6.07, 6.45) is 2.46. The van der Waals surface area contributed by atoms with Crippen molar-refractivity contribution in [3.05, 3.63) is 23.8 Å². The van der Waals surface area contributed by atoms with Crippen molar-refractivity contribution in [3.63, 3.8) is 0 Å². The first-order chi connectivity index (χ1) is 10.2. The van der Waals surface area contributed by atoms with E-state index in [1.54, 1.807) is 0 Å². The average molecular weight is 291 g/mol. The number of hydrogen-bond acceptors (Lipinski definition) is 4. The molecule has 0 aromatic heterocycles. The number of benzene rings is 1. The SMILES string of the molecule is CCC(c1ccc2c(c1)OCO2)N1CCC(C(=O)O)CC1. The lowest BCUT2D eigenvalue weighted by Crippen LogP contribution is -2.38. The van der Waals surface area contributed by atoms with Gasteiger partial charge in [0.2, 0.25) is 6.79 Å². The molecule has 1 fully saturated rings. The van der Waals surface area contributed by atoms with Crippen molar-refractivity contribution in [2.24, 2.45) is 5.92 Å². The molecule has 3 rings (SSSR count). The Morgan fingerprint density at radius 1 is 1.33 bits per heavy atom. The van der Waals surface area contributed by atoms with Crippen LogP contribution in [-0.4, -0.2) is 35.9 Å². The number of nitrogens with zero attached hydrogens (tertiary/aromatic N) is 1. The number of carboxylic acid groups (broad SMARTS) is 1. The highest BCUT2D eigenvalue weighted by Gasteiger charge is 2.29. The van der Waals surface area contributed by atoms with E-state index < -0.39 is 5.97 Å². The molecule has 21 heavy (non-hydrogen) atoms. The summed E-state index contributed by atoms with van der Waals surface area (Å²) < 4.78 is 10.8. The summed E-state index contributed by atoms with van der Waals surface area (Å²) in [6.45, 7) is 4.13.